The van der Waals surface area contributed by atoms with E-state index in [9.17, 15) is 9.59 Å². The maximum absolute atomic E-state index is 11.1. The third-order valence-corrected chi connectivity index (χ3v) is 3.13. The summed E-state index contributed by atoms with van der Waals surface area (Å²) in [5.41, 5.74) is 0.950. The molecule has 0 amide bonds. The van der Waals surface area contributed by atoms with Gasteiger partial charge in [-0.3, -0.25) is 0 Å². The van der Waals surface area contributed by atoms with Crippen molar-refractivity contribution in [3.8, 4) is 11.5 Å². The molecule has 0 aromatic heterocycles. The summed E-state index contributed by atoms with van der Waals surface area (Å²) in [6, 6.07) is 4.94. The molecule has 0 bridgehead atoms. The van der Waals surface area contributed by atoms with Gasteiger partial charge >= 0.3 is 117 Å². The Morgan fingerprint density at radius 2 is 1.84 bits per heavy atom. The Bertz CT molecular complexity index is 525. The Kier molecular flexibility index (Phi) is 3.45. The summed E-state index contributed by atoms with van der Waals surface area (Å²) in [6.45, 7) is 2.07. The Morgan fingerprint density at radius 1 is 1.26 bits per heavy atom. The zero-order valence-corrected chi connectivity index (χ0v) is 12.5. The molecule has 1 aliphatic rings. The minimum absolute atomic E-state index is 0.128. The van der Waals surface area contributed by atoms with E-state index in [4.69, 9.17) is 19.7 Å². The van der Waals surface area contributed by atoms with E-state index in [0.29, 0.717) is 4.71 Å². The number of rotatable bonds is 4. The molecular formula is C12H13AsO6. The fourth-order valence-electron chi connectivity index (χ4n) is 1.81. The number of carbonyl (C=O) groups is 2. The number of carboxylic acid groups (broad SMARTS) is 2. The van der Waals surface area contributed by atoms with Gasteiger partial charge in [0.15, 0.2) is 0 Å². The average molecular weight is 328 g/mol. The summed E-state index contributed by atoms with van der Waals surface area (Å²) in [6.07, 6.45) is 0.809. The Labute approximate surface area is 117 Å². The van der Waals surface area contributed by atoms with E-state index in [2.05, 4.69) is 6.92 Å². The standard InChI is InChI=1S/C12H13AsO6/c1-6(13)4-7-2-3-8-9(5-7)19-12(18-8,10(14)15)11(16)17/h2-3,5-6H,4,13H2,1H3,(H,14,15)(H,16,17). The second kappa shape index (κ2) is 4.77. The Balaban J connectivity index is 2.34. The fraction of sp³-hybridized carbons (Fsp3) is 0.333. The third kappa shape index (κ3) is 2.40. The Hall–Kier alpha value is -1.68. The first kappa shape index (κ1) is 13.7. The van der Waals surface area contributed by atoms with Crippen LogP contribution in [0.3, 0.4) is 0 Å². The number of hydrogen-bond acceptors (Lipinski definition) is 4. The van der Waals surface area contributed by atoms with Crippen LogP contribution in [0.25, 0.3) is 0 Å². The van der Waals surface area contributed by atoms with Crippen molar-refractivity contribution in [1.29, 1.82) is 0 Å². The molecular weight excluding hydrogens is 315 g/mol. The van der Waals surface area contributed by atoms with Gasteiger partial charge in [0.1, 0.15) is 0 Å². The molecule has 0 fully saturated rings. The molecule has 0 spiro atoms. The van der Waals surface area contributed by atoms with Crippen molar-refractivity contribution in [1.82, 2.24) is 0 Å². The van der Waals surface area contributed by atoms with Crippen molar-refractivity contribution < 1.29 is 29.3 Å². The molecule has 2 rings (SSSR count). The van der Waals surface area contributed by atoms with Gasteiger partial charge in [0, 0.05) is 0 Å². The van der Waals surface area contributed by atoms with E-state index in [-0.39, 0.29) is 11.5 Å². The average Bonchev–Trinajstić information content (AvgIpc) is 2.68. The van der Waals surface area contributed by atoms with Crippen molar-refractivity contribution in [2.75, 3.05) is 0 Å². The summed E-state index contributed by atoms with van der Waals surface area (Å²) < 4.78 is 10.5. The van der Waals surface area contributed by atoms with Crippen molar-refractivity contribution in [3.05, 3.63) is 23.8 Å². The molecule has 1 aromatic rings. The molecule has 7 heteroatoms. The van der Waals surface area contributed by atoms with Crippen LogP contribution in [0, 0.1) is 0 Å². The second-order valence-electron chi connectivity index (χ2n) is 4.39. The van der Waals surface area contributed by atoms with Crippen LogP contribution in [-0.4, -0.2) is 44.8 Å². The number of hydrogen-bond donors (Lipinski definition) is 2. The summed E-state index contributed by atoms with van der Waals surface area (Å²) in [5, 5.41) is 18.0. The second-order valence-corrected chi connectivity index (χ2v) is 6.78. The zero-order chi connectivity index (χ0) is 14.2. The molecule has 0 saturated heterocycles. The number of carboxylic acids is 2. The number of benzene rings is 1. The molecule has 1 heterocycles. The van der Waals surface area contributed by atoms with Crippen LogP contribution in [0.15, 0.2) is 18.2 Å². The van der Waals surface area contributed by atoms with Crippen molar-refractivity contribution in [3.63, 3.8) is 0 Å². The zero-order valence-electron chi connectivity index (χ0n) is 10.1. The monoisotopic (exact) mass is 328 g/mol. The van der Waals surface area contributed by atoms with Crippen LogP contribution in [0.5, 0.6) is 11.5 Å². The van der Waals surface area contributed by atoms with Crippen LogP contribution in [-0.2, 0) is 16.0 Å². The van der Waals surface area contributed by atoms with E-state index in [1.54, 1.807) is 29.0 Å². The van der Waals surface area contributed by atoms with Gasteiger partial charge in [0.25, 0.3) is 0 Å². The quantitative estimate of drug-likeness (QED) is 0.610. The van der Waals surface area contributed by atoms with Gasteiger partial charge in [0.05, 0.1) is 0 Å². The molecule has 1 aliphatic heterocycles. The molecule has 19 heavy (non-hydrogen) atoms. The minimum atomic E-state index is -2.68. The van der Waals surface area contributed by atoms with E-state index in [1.807, 2.05) is 0 Å². The number of fused-ring (bicyclic) bond motifs is 1. The molecule has 0 radical (unpaired) electrons. The van der Waals surface area contributed by atoms with Gasteiger partial charge in [-0.15, -0.1) is 0 Å². The molecule has 2 unspecified atom stereocenters. The topological polar surface area (TPSA) is 93.1 Å². The summed E-state index contributed by atoms with van der Waals surface area (Å²) in [5.74, 6) is -5.78. The van der Waals surface area contributed by atoms with E-state index < -0.39 is 17.7 Å². The van der Waals surface area contributed by atoms with Gasteiger partial charge < -0.3 is 0 Å². The van der Waals surface area contributed by atoms with E-state index in [0.717, 1.165) is 12.0 Å². The van der Waals surface area contributed by atoms with Crippen LogP contribution < -0.4 is 9.47 Å². The third-order valence-electron chi connectivity index (χ3n) is 2.64. The predicted molar refractivity (Wildman–Crippen MR) is 67.4 cm³/mol. The summed E-state index contributed by atoms with van der Waals surface area (Å²) in [4.78, 5) is 22.1. The Morgan fingerprint density at radius 3 is 2.37 bits per heavy atom. The van der Waals surface area contributed by atoms with E-state index in [1.165, 1.54) is 6.07 Å². The van der Waals surface area contributed by atoms with Gasteiger partial charge in [0.2, 0.25) is 0 Å². The maximum atomic E-state index is 11.1. The van der Waals surface area contributed by atoms with Crippen molar-refractivity contribution in [2.24, 2.45) is 0 Å². The summed E-state index contributed by atoms with van der Waals surface area (Å²) in [7, 11) is 0. The van der Waals surface area contributed by atoms with Crippen molar-refractivity contribution in [2.45, 2.75) is 23.8 Å². The van der Waals surface area contributed by atoms with Crippen LogP contribution in [0.4, 0.5) is 0 Å². The first-order valence-corrected chi connectivity index (χ1v) is 6.98. The molecule has 6 nitrogen and oxygen atoms in total. The van der Waals surface area contributed by atoms with Gasteiger partial charge in [-0.25, -0.2) is 0 Å². The molecule has 2 atom stereocenters. The van der Waals surface area contributed by atoms with Crippen LogP contribution in [0.1, 0.15) is 12.5 Å². The SMILES string of the molecule is CC([AsH2])Cc1ccc2c(c1)OC(C(=O)O)(C(=O)O)O2. The van der Waals surface area contributed by atoms with Gasteiger partial charge in [-0.2, -0.15) is 0 Å². The summed E-state index contributed by atoms with van der Waals surface area (Å²) >= 11 is 1.59. The van der Waals surface area contributed by atoms with E-state index >= 15 is 0 Å². The van der Waals surface area contributed by atoms with Crippen LogP contribution >= 0.6 is 0 Å². The number of ether oxygens (including phenoxy) is 2. The molecule has 0 aliphatic carbocycles. The van der Waals surface area contributed by atoms with Gasteiger partial charge in [-0.1, -0.05) is 0 Å². The fourth-order valence-corrected chi connectivity index (χ4v) is 2.38. The van der Waals surface area contributed by atoms with Gasteiger partial charge in [-0.05, 0) is 0 Å². The van der Waals surface area contributed by atoms with Crippen molar-refractivity contribution >= 4 is 28.8 Å². The van der Waals surface area contributed by atoms with Crippen LogP contribution in [0.2, 0.25) is 4.71 Å². The first-order valence-electron chi connectivity index (χ1n) is 5.58. The number of aliphatic carboxylic acids is 2. The first-order chi connectivity index (χ1) is 8.85. The molecule has 102 valence electrons. The molecule has 1 aromatic carbocycles. The normalized spacial score (nSPS) is 16.9. The molecule has 0 saturated carbocycles. The molecule has 2 N–H and O–H groups in total. The predicted octanol–water partition coefficient (Wildman–Crippen LogP) is 0.307.